The van der Waals surface area contributed by atoms with E-state index in [0.717, 1.165) is 5.69 Å². The SMILES string of the molecule is CC(C)(O)c1cn(-c2ccc(Cl)c(Cl)c2)nn1. The molecule has 0 aliphatic heterocycles. The third kappa shape index (κ3) is 2.60. The first-order chi connectivity index (χ1) is 7.88. The van der Waals surface area contributed by atoms with Crippen molar-refractivity contribution < 1.29 is 5.11 Å². The molecule has 1 aromatic carbocycles. The largest absolute Gasteiger partial charge is 0.384 e. The highest BCUT2D eigenvalue weighted by Gasteiger charge is 2.20. The van der Waals surface area contributed by atoms with E-state index in [9.17, 15) is 5.11 Å². The number of nitrogens with zero attached hydrogens (tertiary/aromatic N) is 3. The number of rotatable bonds is 2. The average molecular weight is 272 g/mol. The highest BCUT2D eigenvalue weighted by atomic mass is 35.5. The molecule has 90 valence electrons. The minimum Gasteiger partial charge on any atom is -0.384 e. The summed E-state index contributed by atoms with van der Waals surface area (Å²) in [5.41, 5.74) is 0.208. The summed E-state index contributed by atoms with van der Waals surface area (Å²) < 4.78 is 1.54. The Morgan fingerprint density at radius 2 is 1.94 bits per heavy atom. The molecule has 0 saturated carbocycles. The highest BCUT2D eigenvalue weighted by molar-refractivity contribution is 6.42. The summed E-state index contributed by atoms with van der Waals surface area (Å²) in [7, 11) is 0. The van der Waals surface area contributed by atoms with Crippen molar-refractivity contribution in [2.45, 2.75) is 19.4 Å². The fourth-order valence-corrected chi connectivity index (χ4v) is 1.59. The molecular formula is C11H11Cl2N3O. The summed E-state index contributed by atoms with van der Waals surface area (Å²) in [5, 5.41) is 18.5. The Morgan fingerprint density at radius 1 is 1.24 bits per heavy atom. The van der Waals surface area contributed by atoms with Crippen LogP contribution in [0.3, 0.4) is 0 Å². The number of hydrogen-bond donors (Lipinski definition) is 1. The normalized spacial score (nSPS) is 11.8. The van der Waals surface area contributed by atoms with Gasteiger partial charge in [-0.25, -0.2) is 4.68 Å². The first-order valence-electron chi connectivity index (χ1n) is 4.98. The highest BCUT2D eigenvalue weighted by Crippen LogP contribution is 2.25. The van der Waals surface area contributed by atoms with Gasteiger partial charge in [0.25, 0.3) is 0 Å². The molecule has 2 aromatic rings. The van der Waals surface area contributed by atoms with Crippen LogP contribution in [0.15, 0.2) is 24.4 Å². The van der Waals surface area contributed by atoms with Crippen molar-refractivity contribution in [2.24, 2.45) is 0 Å². The van der Waals surface area contributed by atoms with Crippen LogP contribution in [0.5, 0.6) is 0 Å². The van der Waals surface area contributed by atoms with E-state index in [1.165, 1.54) is 4.68 Å². The monoisotopic (exact) mass is 271 g/mol. The fourth-order valence-electron chi connectivity index (χ4n) is 1.30. The van der Waals surface area contributed by atoms with Gasteiger partial charge in [-0.1, -0.05) is 28.4 Å². The zero-order valence-electron chi connectivity index (χ0n) is 9.35. The summed E-state index contributed by atoms with van der Waals surface area (Å²) >= 11 is 11.7. The van der Waals surface area contributed by atoms with Crippen molar-refractivity contribution in [3.05, 3.63) is 40.1 Å². The fraction of sp³-hybridized carbons (Fsp3) is 0.273. The average Bonchev–Trinajstić information content (AvgIpc) is 2.70. The number of halogens is 2. The topological polar surface area (TPSA) is 50.9 Å². The standard InChI is InChI=1S/C11H11Cl2N3O/c1-11(2,17)10-6-16(15-14-10)7-3-4-8(12)9(13)5-7/h3-6,17H,1-2H3. The van der Waals surface area contributed by atoms with Gasteiger partial charge < -0.3 is 5.11 Å². The van der Waals surface area contributed by atoms with E-state index in [1.807, 2.05) is 0 Å². The van der Waals surface area contributed by atoms with Gasteiger partial charge in [0.15, 0.2) is 0 Å². The van der Waals surface area contributed by atoms with Crippen LogP contribution in [0.25, 0.3) is 5.69 Å². The van der Waals surface area contributed by atoms with Crippen molar-refractivity contribution in [3.8, 4) is 5.69 Å². The van der Waals surface area contributed by atoms with Gasteiger partial charge in [0.2, 0.25) is 0 Å². The van der Waals surface area contributed by atoms with Gasteiger partial charge in [0, 0.05) is 0 Å². The molecule has 0 saturated heterocycles. The Hall–Kier alpha value is -1.10. The van der Waals surface area contributed by atoms with Crippen molar-refractivity contribution in [1.82, 2.24) is 15.0 Å². The summed E-state index contributed by atoms with van der Waals surface area (Å²) in [6, 6.07) is 5.15. The van der Waals surface area contributed by atoms with E-state index < -0.39 is 5.60 Å². The molecule has 1 heterocycles. The number of aliphatic hydroxyl groups is 1. The second-order valence-corrected chi connectivity index (χ2v) is 5.02. The van der Waals surface area contributed by atoms with Gasteiger partial charge in [-0.15, -0.1) is 5.10 Å². The first kappa shape index (κ1) is 12.4. The second-order valence-electron chi connectivity index (χ2n) is 4.21. The van der Waals surface area contributed by atoms with E-state index in [0.29, 0.717) is 15.7 Å². The summed E-state index contributed by atoms with van der Waals surface area (Å²) in [6.45, 7) is 3.30. The maximum Gasteiger partial charge on any atom is 0.114 e. The smallest absolute Gasteiger partial charge is 0.114 e. The van der Waals surface area contributed by atoms with Crippen LogP contribution in [0.2, 0.25) is 10.0 Å². The molecule has 0 atom stereocenters. The van der Waals surface area contributed by atoms with Crippen LogP contribution in [-0.2, 0) is 5.60 Å². The van der Waals surface area contributed by atoms with Gasteiger partial charge in [0.05, 0.1) is 21.9 Å². The summed E-state index contributed by atoms with van der Waals surface area (Å²) in [5.74, 6) is 0. The molecular weight excluding hydrogens is 261 g/mol. The van der Waals surface area contributed by atoms with Crippen molar-refractivity contribution in [1.29, 1.82) is 0 Å². The minimum atomic E-state index is -1.02. The first-order valence-corrected chi connectivity index (χ1v) is 5.74. The van der Waals surface area contributed by atoms with Crippen LogP contribution in [0.4, 0.5) is 0 Å². The van der Waals surface area contributed by atoms with Crippen molar-refractivity contribution in [3.63, 3.8) is 0 Å². The lowest BCUT2D eigenvalue weighted by molar-refractivity contribution is 0.0737. The zero-order chi connectivity index (χ0) is 12.6. The van der Waals surface area contributed by atoms with Crippen molar-refractivity contribution in [2.75, 3.05) is 0 Å². The van der Waals surface area contributed by atoms with E-state index >= 15 is 0 Å². The van der Waals surface area contributed by atoms with Gasteiger partial charge in [0.1, 0.15) is 11.3 Å². The van der Waals surface area contributed by atoms with E-state index in [-0.39, 0.29) is 0 Å². The maximum absolute atomic E-state index is 9.78. The van der Waals surface area contributed by atoms with E-state index in [1.54, 1.807) is 38.2 Å². The van der Waals surface area contributed by atoms with Crippen LogP contribution >= 0.6 is 23.2 Å². The summed E-state index contributed by atoms with van der Waals surface area (Å²) in [6.07, 6.45) is 1.65. The quantitative estimate of drug-likeness (QED) is 0.914. The lowest BCUT2D eigenvalue weighted by Gasteiger charge is -2.11. The molecule has 4 nitrogen and oxygen atoms in total. The Balaban J connectivity index is 2.40. The lowest BCUT2D eigenvalue weighted by atomic mass is 10.1. The Bertz CT molecular complexity index is 546. The summed E-state index contributed by atoms with van der Waals surface area (Å²) in [4.78, 5) is 0. The molecule has 0 aliphatic carbocycles. The van der Waals surface area contributed by atoms with E-state index in [2.05, 4.69) is 10.3 Å². The maximum atomic E-state index is 9.78. The third-order valence-electron chi connectivity index (χ3n) is 2.29. The molecule has 0 aliphatic rings. The Kier molecular flexibility index (Phi) is 3.12. The van der Waals surface area contributed by atoms with Gasteiger partial charge in [-0.2, -0.15) is 0 Å². The Morgan fingerprint density at radius 3 is 2.47 bits per heavy atom. The van der Waals surface area contributed by atoms with Crippen LogP contribution < -0.4 is 0 Å². The van der Waals surface area contributed by atoms with Crippen molar-refractivity contribution >= 4 is 23.2 Å². The molecule has 0 spiro atoms. The van der Waals surface area contributed by atoms with Crippen LogP contribution in [-0.4, -0.2) is 20.1 Å². The van der Waals surface area contributed by atoms with Gasteiger partial charge in [-0.05, 0) is 32.0 Å². The molecule has 0 unspecified atom stereocenters. The lowest BCUT2D eigenvalue weighted by Crippen LogP contribution is -2.15. The number of hydrogen-bond acceptors (Lipinski definition) is 3. The molecule has 0 amide bonds. The molecule has 6 heteroatoms. The van der Waals surface area contributed by atoms with Gasteiger partial charge in [-0.3, -0.25) is 0 Å². The predicted molar refractivity (Wildman–Crippen MR) is 66.6 cm³/mol. The predicted octanol–water partition coefficient (Wildman–Crippen LogP) is 2.80. The van der Waals surface area contributed by atoms with Gasteiger partial charge >= 0.3 is 0 Å². The molecule has 2 rings (SSSR count). The molecule has 0 fully saturated rings. The molecule has 1 N–H and O–H groups in total. The molecule has 0 radical (unpaired) electrons. The van der Waals surface area contributed by atoms with Crippen LogP contribution in [0.1, 0.15) is 19.5 Å². The Labute approximate surface area is 109 Å². The zero-order valence-corrected chi connectivity index (χ0v) is 10.9. The third-order valence-corrected chi connectivity index (χ3v) is 3.03. The van der Waals surface area contributed by atoms with E-state index in [4.69, 9.17) is 23.2 Å². The van der Waals surface area contributed by atoms with Crippen LogP contribution in [0, 0.1) is 0 Å². The number of benzene rings is 1. The molecule has 1 aromatic heterocycles. The molecule has 0 bridgehead atoms. The number of aromatic nitrogens is 3. The molecule has 17 heavy (non-hydrogen) atoms. The second kappa shape index (κ2) is 4.29. The minimum absolute atomic E-state index is 0.449.